The van der Waals surface area contributed by atoms with Crippen LogP contribution in [-0.4, -0.2) is 51.3 Å². The summed E-state index contributed by atoms with van der Waals surface area (Å²) >= 11 is 1.60. The number of pyridine rings is 1. The van der Waals surface area contributed by atoms with Crippen molar-refractivity contribution >= 4 is 41.1 Å². The van der Waals surface area contributed by atoms with Crippen molar-refractivity contribution in [3.63, 3.8) is 0 Å². The van der Waals surface area contributed by atoms with E-state index in [4.69, 9.17) is 20.3 Å². The fourth-order valence-electron chi connectivity index (χ4n) is 3.63. The number of nitrogens with zero attached hydrogens (tertiary/aromatic N) is 3. The number of carbonyl (C=O) groups is 2. The van der Waals surface area contributed by atoms with Gasteiger partial charge in [-0.1, -0.05) is 31.0 Å². The number of nitrogens with one attached hydrogen (secondary N) is 3. The first-order chi connectivity index (χ1) is 18.8. The van der Waals surface area contributed by atoms with Crippen molar-refractivity contribution in [1.82, 2.24) is 20.1 Å². The molecule has 3 aromatic rings. The van der Waals surface area contributed by atoms with Crippen LogP contribution in [0, 0.1) is 0 Å². The van der Waals surface area contributed by atoms with Crippen molar-refractivity contribution in [2.75, 3.05) is 28.9 Å². The van der Waals surface area contributed by atoms with Crippen molar-refractivity contribution in [3.8, 4) is 17.1 Å². The van der Waals surface area contributed by atoms with Crippen LogP contribution in [0.4, 0.5) is 22.0 Å². The zero-order valence-electron chi connectivity index (χ0n) is 24.1. The van der Waals surface area contributed by atoms with Gasteiger partial charge in [-0.05, 0) is 59.7 Å². The highest BCUT2D eigenvalue weighted by molar-refractivity contribution is 8.00. The lowest BCUT2D eigenvalue weighted by atomic mass is 10.1. The Balaban J connectivity index is 1.83. The predicted octanol–water partition coefficient (Wildman–Crippen LogP) is 5.53. The van der Waals surface area contributed by atoms with Crippen LogP contribution < -0.4 is 25.8 Å². The lowest BCUT2D eigenvalue weighted by Crippen LogP contribution is -2.34. The molecule has 5 N–H and O–H groups in total. The number of amides is 2. The van der Waals surface area contributed by atoms with Crippen LogP contribution in [0.2, 0.25) is 0 Å². The highest BCUT2D eigenvalue weighted by Crippen LogP contribution is 2.35. The van der Waals surface area contributed by atoms with E-state index in [1.807, 2.05) is 45.0 Å². The van der Waals surface area contributed by atoms with Crippen molar-refractivity contribution < 1.29 is 19.1 Å². The maximum atomic E-state index is 12.8. The van der Waals surface area contributed by atoms with Crippen LogP contribution in [0.3, 0.4) is 0 Å². The summed E-state index contributed by atoms with van der Waals surface area (Å²) in [5.74, 6) is 1.13. The summed E-state index contributed by atoms with van der Waals surface area (Å²) in [7, 11) is 0. The molecule has 0 fully saturated rings. The molecule has 11 nitrogen and oxygen atoms in total. The first-order valence-corrected chi connectivity index (χ1v) is 14.0. The Bertz CT molecular complexity index is 1310. The summed E-state index contributed by atoms with van der Waals surface area (Å²) in [4.78, 5) is 28.8. The topological polar surface area (TPSA) is 145 Å². The Morgan fingerprint density at radius 1 is 1.05 bits per heavy atom. The van der Waals surface area contributed by atoms with Gasteiger partial charge in [0.05, 0.1) is 12.1 Å². The van der Waals surface area contributed by atoms with E-state index in [1.54, 1.807) is 55.7 Å². The van der Waals surface area contributed by atoms with E-state index in [9.17, 15) is 9.59 Å². The fourth-order valence-corrected chi connectivity index (χ4v) is 4.08. The molecule has 0 spiro atoms. The smallest absolute Gasteiger partial charge is 0.407 e. The van der Waals surface area contributed by atoms with E-state index >= 15 is 0 Å². The minimum Gasteiger partial charge on any atom is -0.476 e. The number of primary amides is 1. The van der Waals surface area contributed by atoms with Crippen molar-refractivity contribution in [2.45, 2.75) is 59.6 Å². The molecule has 2 amide bonds. The van der Waals surface area contributed by atoms with E-state index in [1.165, 1.54) is 0 Å². The summed E-state index contributed by atoms with van der Waals surface area (Å²) in [6.45, 7) is 13.9. The van der Waals surface area contributed by atoms with Crippen molar-refractivity contribution in [2.24, 2.45) is 5.73 Å². The van der Waals surface area contributed by atoms with Gasteiger partial charge in [0.25, 0.3) is 5.91 Å². The number of anilines is 3. The number of carbonyl (C=O) groups excluding carboxylic acids is 2. The number of ether oxygens (including phenoxy) is 2. The molecular formula is C28H39N7O4S. The molecule has 0 aliphatic carbocycles. The second kappa shape index (κ2) is 12.9. The molecule has 0 bridgehead atoms. The van der Waals surface area contributed by atoms with E-state index < -0.39 is 23.1 Å². The number of hydrogen-bond acceptors (Lipinski definition) is 9. The highest BCUT2D eigenvalue weighted by atomic mass is 32.2. The summed E-state index contributed by atoms with van der Waals surface area (Å²) < 4.78 is 16.0. The van der Waals surface area contributed by atoms with E-state index in [0.29, 0.717) is 23.1 Å². The zero-order chi connectivity index (χ0) is 29.5. The quantitative estimate of drug-likeness (QED) is 0.173. The average Bonchev–Trinajstić information content (AvgIpc) is 3.25. The molecule has 40 heavy (non-hydrogen) atoms. The van der Waals surface area contributed by atoms with Gasteiger partial charge in [0.1, 0.15) is 29.3 Å². The number of alkyl carbamates (subject to hydrolysis) is 1. The minimum absolute atomic E-state index is 0.188. The Morgan fingerprint density at radius 2 is 1.75 bits per heavy atom. The predicted molar refractivity (Wildman–Crippen MR) is 160 cm³/mol. The summed E-state index contributed by atoms with van der Waals surface area (Å²) in [6, 6.07) is 11.2. The number of nitrogens with two attached hydrogens (primary N) is 1. The number of aromatic nitrogens is 3. The Labute approximate surface area is 239 Å². The molecule has 0 atom stereocenters. The Kier molecular flexibility index (Phi) is 9.91. The third-order valence-electron chi connectivity index (χ3n) is 5.28. The lowest BCUT2D eigenvalue weighted by molar-refractivity contribution is 0.0519. The maximum absolute atomic E-state index is 12.8. The molecule has 0 radical (unpaired) electrons. The third kappa shape index (κ3) is 8.54. The lowest BCUT2D eigenvalue weighted by Gasteiger charge is -2.23. The van der Waals surface area contributed by atoms with Crippen molar-refractivity contribution in [1.29, 1.82) is 0 Å². The monoisotopic (exact) mass is 569 g/mol. The number of benzene rings is 1. The summed E-state index contributed by atoms with van der Waals surface area (Å²) in [5.41, 5.74) is 7.96. The molecule has 0 aliphatic rings. The van der Waals surface area contributed by atoms with Gasteiger partial charge in [-0.3, -0.25) is 4.79 Å². The molecule has 2 aromatic heterocycles. The van der Waals surface area contributed by atoms with Gasteiger partial charge in [0.15, 0.2) is 0 Å². The van der Waals surface area contributed by atoms with Crippen LogP contribution in [-0.2, 0) is 10.3 Å². The molecule has 1 aromatic carbocycles. The molecule has 216 valence electrons. The summed E-state index contributed by atoms with van der Waals surface area (Å²) in [6.07, 6.45) is 1.07. The van der Waals surface area contributed by atoms with Gasteiger partial charge in [-0.25, -0.2) is 14.5 Å². The van der Waals surface area contributed by atoms with Crippen molar-refractivity contribution in [3.05, 3.63) is 48.2 Å². The van der Waals surface area contributed by atoms with Crippen LogP contribution >= 0.6 is 11.9 Å². The number of hydrogen-bond donors (Lipinski definition) is 4. The van der Waals surface area contributed by atoms with Crippen LogP contribution in [0.1, 0.15) is 58.8 Å². The molecule has 0 unspecified atom stereocenters. The summed E-state index contributed by atoms with van der Waals surface area (Å²) in [5, 5.41) is 10.8. The number of rotatable bonds is 11. The normalized spacial score (nSPS) is 11.6. The van der Waals surface area contributed by atoms with Crippen LogP contribution in [0.15, 0.2) is 42.6 Å². The van der Waals surface area contributed by atoms with Gasteiger partial charge in [0.2, 0.25) is 5.88 Å². The van der Waals surface area contributed by atoms with Gasteiger partial charge in [-0.15, -0.1) is 0 Å². The molecular weight excluding hydrogens is 530 g/mol. The van der Waals surface area contributed by atoms with Crippen LogP contribution in [0.5, 0.6) is 5.88 Å². The van der Waals surface area contributed by atoms with Gasteiger partial charge in [-0.2, -0.15) is 5.10 Å². The van der Waals surface area contributed by atoms with E-state index in [-0.39, 0.29) is 18.7 Å². The molecule has 0 aliphatic heterocycles. The first-order valence-electron chi connectivity index (χ1n) is 13.0. The molecule has 0 saturated carbocycles. The average molecular weight is 570 g/mol. The molecule has 2 heterocycles. The fraction of sp³-hybridized carbons (Fsp3) is 0.429. The Hall–Kier alpha value is -3.93. The van der Waals surface area contributed by atoms with Gasteiger partial charge in [0, 0.05) is 35.0 Å². The van der Waals surface area contributed by atoms with Crippen LogP contribution in [0.25, 0.3) is 11.3 Å². The minimum atomic E-state index is -0.601. The third-order valence-corrected chi connectivity index (χ3v) is 5.95. The molecule has 12 heteroatoms. The standard InChI is InChI=1S/C28H39N7O4S/c1-8-40-34-19-11-9-18(10-12-19)23-22(24(29)36)25(35(33-23)27(2,3)4)32-20-13-14-30-21(17-20)38-16-15-31-26(37)39-28(5,6)7/h9-14,17,34H,8,15-16H2,1-7H3,(H2,29,36)(H,30,32)(H,31,37). The second-order valence-corrected chi connectivity index (χ2v) is 12.0. The first kappa shape index (κ1) is 30.6. The maximum Gasteiger partial charge on any atom is 0.407 e. The second-order valence-electron chi connectivity index (χ2n) is 10.9. The Morgan fingerprint density at radius 3 is 2.35 bits per heavy atom. The van der Waals surface area contributed by atoms with Gasteiger partial charge < -0.3 is 30.6 Å². The molecule has 0 saturated heterocycles. The van der Waals surface area contributed by atoms with Gasteiger partial charge >= 0.3 is 6.09 Å². The highest BCUT2D eigenvalue weighted by Gasteiger charge is 2.29. The SMILES string of the molecule is CCSNc1ccc(-c2nn(C(C)(C)C)c(Nc3ccnc(OCCNC(=O)OC(C)(C)C)c3)c2C(N)=O)cc1. The zero-order valence-corrected chi connectivity index (χ0v) is 24.9. The van der Waals surface area contributed by atoms with E-state index in [0.717, 1.165) is 17.0 Å². The largest absolute Gasteiger partial charge is 0.476 e. The van der Waals surface area contributed by atoms with E-state index in [2.05, 4.69) is 27.3 Å². The molecule has 3 rings (SSSR count).